The molecule has 0 radical (unpaired) electrons. The van der Waals surface area contributed by atoms with Crippen molar-refractivity contribution in [2.45, 2.75) is 13.5 Å². The van der Waals surface area contributed by atoms with Crippen LogP contribution in [0.4, 0.5) is 0 Å². The zero-order chi connectivity index (χ0) is 13.0. The molecule has 2 aromatic rings. The summed E-state index contributed by atoms with van der Waals surface area (Å²) in [5.74, 6) is 0.0118. The van der Waals surface area contributed by atoms with Gasteiger partial charge in [0.05, 0.1) is 17.8 Å². The van der Waals surface area contributed by atoms with Crippen LogP contribution in [0.5, 0.6) is 0 Å². The minimum absolute atomic E-state index is 0.0118. The summed E-state index contributed by atoms with van der Waals surface area (Å²) in [7, 11) is 1.93. The molecule has 96 valence electrons. The molecule has 5 heteroatoms. The van der Waals surface area contributed by atoms with Crippen LogP contribution in [0.2, 0.25) is 0 Å². The van der Waals surface area contributed by atoms with Crippen LogP contribution >= 0.6 is 0 Å². The van der Waals surface area contributed by atoms with Crippen LogP contribution in [0.1, 0.15) is 12.6 Å². The van der Waals surface area contributed by atoms with Gasteiger partial charge in [0.25, 0.3) is 0 Å². The van der Waals surface area contributed by atoms with Gasteiger partial charge in [0.1, 0.15) is 0 Å². The number of hydrogen-bond donors (Lipinski definition) is 2. The van der Waals surface area contributed by atoms with Gasteiger partial charge in [0, 0.05) is 25.5 Å². The molecule has 0 aliphatic heterocycles. The van der Waals surface area contributed by atoms with Crippen molar-refractivity contribution in [3.8, 4) is 0 Å². The van der Waals surface area contributed by atoms with E-state index < -0.39 is 0 Å². The number of rotatable bonds is 5. The molecule has 0 fully saturated rings. The fourth-order valence-corrected chi connectivity index (χ4v) is 1.97. The maximum Gasteiger partial charge on any atom is 0.233 e. The predicted octanol–water partition coefficient (Wildman–Crippen LogP) is 0.799. The average molecular weight is 246 g/mol. The van der Waals surface area contributed by atoms with E-state index in [-0.39, 0.29) is 5.91 Å². The van der Waals surface area contributed by atoms with Crippen LogP contribution in [-0.4, -0.2) is 28.8 Å². The van der Waals surface area contributed by atoms with Gasteiger partial charge in [-0.05, 0) is 13.0 Å². The number of aryl methyl sites for hydroxylation is 1. The lowest BCUT2D eigenvalue weighted by atomic mass is 10.2. The van der Waals surface area contributed by atoms with E-state index in [9.17, 15) is 4.79 Å². The molecule has 0 saturated carbocycles. The maximum absolute atomic E-state index is 11.3. The van der Waals surface area contributed by atoms with Gasteiger partial charge in [-0.1, -0.05) is 18.2 Å². The van der Waals surface area contributed by atoms with Gasteiger partial charge in [-0.3, -0.25) is 9.48 Å². The van der Waals surface area contributed by atoms with Gasteiger partial charge >= 0.3 is 0 Å². The lowest BCUT2D eigenvalue weighted by Crippen LogP contribution is -2.33. The Labute approximate surface area is 106 Å². The SMILES string of the molecule is CCNC(=O)CNCc1nn(C)c2ccccc12. The fourth-order valence-electron chi connectivity index (χ4n) is 1.97. The molecule has 2 N–H and O–H groups in total. The number of para-hydroxylation sites is 1. The third-order valence-corrected chi connectivity index (χ3v) is 2.79. The molecule has 0 atom stereocenters. The average Bonchev–Trinajstić information content (AvgIpc) is 2.68. The summed E-state index contributed by atoms with van der Waals surface area (Å²) in [4.78, 5) is 11.3. The summed E-state index contributed by atoms with van der Waals surface area (Å²) in [5.41, 5.74) is 2.07. The summed E-state index contributed by atoms with van der Waals surface area (Å²) >= 11 is 0. The van der Waals surface area contributed by atoms with Gasteiger partial charge < -0.3 is 10.6 Å². The fraction of sp³-hybridized carbons (Fsp3) is 0.385. The van der Waals surface area contributed by atoms with E-state index in [4.69, 9.17) is 0 Å². The molecule has 0 spiro atoms. The van der Waals surface area contributed by atoms with Crippen molar-refractivity contribution in [1.29, 1.82) is 0 Å². The van der Waals surface area contributed by atoms with Crippen LogP contribution in [-0.2, 0) is 18.4 Å². The second-order valence-electron chi connectivity index (χ2n) is 4.14. The minimum Gasteiger partial charge on any atom is -0.355 e. The molecular weight excluding hydrogens is 228 g/mol. The van der Waals surface area contributed by atoms with Gasteiger partial charge in [-0.15, -0.1) is 0 Å². The highest BCUT2D eigenvalue weighted by Crippen LogP contribution is 2.16. The van der Waals surface area contributed by atoms with Crippen LogP contribution < -0.4 is 10.6 Å². The molecule has 1 amide bonds. The Morgan fingerprint density at radius 3 is 2.94 bits per heavy atom. The molecule has 18 heavy (non-hydrogen) atoms. The Kier molecular flexibility index (Phi) is 3.94. The Morgan fingerprint density at radius 1 is 1.39 bits per heavy atom. The van der Waals surface area contributed by atoms with E-state index in [1.165, 1.54) is 0 Å². The summed E-state index contributed by atoms with van der Waals surface area (Å²) in [6.45, 7) is 3.48. The molecular formula is C13H18N4O. The number of hydrogen-bond acceptors (Lipinski definition) is 3. The van der Waals surface area contributed by atoms with Crippen molar-refractivity contribution in [3.63, 3.8) is 0 Å². The second-order valence-corrected chi connectivity index (χ2v) is 4.14. The minimum atomic E-state index is 0.0118. The van der Waals surface area contributed by atoms with Gasteiger partial charge in [-0.25, -0.2) is 0 Å². The predicted molar refractivity (Wildman–Crippen MR) is 71.1 cm³/mol. The van der Waals surface area contributed by atoms with E-state index in [1.807, 2.05) is 42.9 Å². The van der Waals surface area contributed by atoms with Crippen molar-refractivity contribution in [1.82, 2.24) is 20.4 Å². The third-order valence-electron chi connectivity index (χ3n) is 2.79. The van der Waals surface area contributed by atoms with E-state index in [1.54, 1.807) is 0 Å². The summed E-state index contributed by atoms with van der Waals surface area (Å²) in [6, 6.07) is 8.08. The van der Waals surface area contributed by atoms with Crippen LogP contribution in [0.15, 0.2) is 24.3 Å². The number of likely N-dealkylation sites (N-methyl/N-ethyl adjacent to an activating group) is 1. The van der Waals surface area contributed by atoms with Crippen molar-refractivity contribution >= 4 is 16.8 Å². The molecule has 1 aromatic carbocycles. The maximum atomic E-state index is 11.3. The summed E-state index contributed by atoms with van der Waals surface area (Å²) in [5, 5.41) is 11.4. The molecule has 2 rings (SSSR count). The van der Waals surface area contributed by atoms with E-state index in [0.717, 1.165) is 16.6 Å². The number of benzene rings is 1. The molecule has 0 unspecified atom stereocenters. The lowest BCUT2D eigenvalue weighted by Gasteiger charge is -2.03. The first kappa shape index (κ1) is 12.6. The monoisotopic (exact) mass is 246 g/mol. The van der Waals surface area contributed by atoms with Crippen molar-refractivity contribution in [3.05, 3.63) is 30.0 Å². The molecule has 0 bridgehead atoms. The van der Waals surface area contributed by atoms with Crippen molar-refractivity contribution in [2.75, 3.05) is 13.1 Å². The largest absolute Gasteiger partial charge is 0.355 e. The molecule has 0 aliphatic rings. The summed E-state index contributed by atoms with van der Waals surface area (Å²) in [6.07, 6.45) is 0. The van der Waals surface area contributed by atoms with Crippen molar-refractivity contribution in [2.24, 2.45) is 7.05 Å². The zero-order valence-electron chi connectivity index (χ0n) is 10.7. The molecule has 1 aromatic heterocycles. The molecule has 5 nitrogen and oxygen atoms in total. The Hall–Kier alpha value is -1.88. The van der Waals surface area contributed by atoms with E-state index in [0.29, 0.717) is 19.6 Å². The quantitative estimate of drug-likeness (QED) is 0.820. The number of carbonyl (C=O) groups excluding carboxylic acids is 1. The molecule has 0 aliphatic carbocycles. The van der Waals surface area contributed by atoms with Gasteiger partial charge in [0.15, 0.2) is 0 Å². The molecule has 0 saturated heterocycles. The van der Waals surface area contributed by atoms with Crippen molar-refractivity contribution < 1.29 is 4.79 Å². The number of carbonyl (C=O) groups is 1. The third kappa shape index (κ3) is 2.68. The first-order valence-electron chi connectivity index (χ1n) is 6.10. The highest BCUT2D eigenvalue weighted by molar-refractivity contribution is 5.82. The van der Waals surface area contributed by atoms with Crippen LogP contribution in [0.25, 0.3) is 10.9 Å². The number of nitrogens with one attached hydrogen (secondary N) is 2. The van der Waals surface area contributed by atoms with Gasteiger partial charge in [0.2, 0.25) is 5.91 Å². The Morgan fingerprint density at radius 2 is 2.17 bits per heavy atom. The Bertz CT molecular complexity index is 547. The van der Waals surface area contributed by atoms with E-state index >= 15 is 0 Å². The zero-order valence-corrected chi connectivity index (χ0v) is 10.7. The lowest BCUT2D eigenvalue weighted by molar-refractivity contribution is -0.120. The van der Waals surface area contributed by atoms with Gasteiger partial charge in [-0.2, -0.15) is 5.10 Å². The number of amides is 1. The topological polar surface area (TPSA) is 59.0 Å². The number of fused-ring (bicyclic) bond motifs is 1. The molecule has 1 heterocycles. The highest BCUT2D eigenvalue weighted by atomic mass is 16.1. The number of aromatic nitrogens is 2. The highest BCUT2D eigenvalue weighted by Gasteiger charge is 2.07. The number of nitrogens with zero attached hydrogens (tertiary/aromatic N) is 2. The smallest absolute Gasteiger partial charge is 0.233 e. The van der Waals surface area contributed by atoms with Crippen LogP contribution in [0.3, 0.4) is 0 Å². The first-order valence-corrected chi connectivity index (χ1v) is 6.10. The summed E-state index contributed by atoms with van der Waals surface area (Å²) < 4.78 is 1.86. The van der Waals surface area contributed by atoms with E-state index in [2.05, 4.69) is 15.7 Å². The van der Waals surface area contributed by atoms with Crippen LogP contribution in [0, 0.1) is 0 Å². The normalized spacial score (nSPS) is 10.8. The Balaban J connectivity index is 2.02. The standard InChI is InChI=1S/C13H18N4O/c1-3-15-13(18)9-14-8-11-10-6-4-5-7-12(10)17(2)16-11/h4-7,14H,3,8-9H2,1-2H3,(H,15,18). The second kappa shape index (κ2) is 5.64. The first-order chi connectivity index (χ1) is 8.72.